The fourth-order valence-electron chi connectivity index (χ4n) is 7.75. The lowest BCUT2D eigenvalue weighted by Crippen LogP contribution is -2.51. The lowest BCUT2D eigenvalue weighted by molar-refractivity contribution is -0.946. The van der Waals surface area contributed by atoms with Gasteiger partial charge in [-0.2, -0.15) is 0 Å². The number of allylic oxidation sites excluding steroid dienone is 4. The predicted octanol–water partition coefficient (Wildman–Crippen LogP) is 16.3. The zero-order valence-corrected chi connectivity index (χ0v) is 37.5. The van der Waals surface area contributed by atoms with Gasteiger partial charge in [0.25, 0.3) is 0 Å². The Morgan fingerprint density at radius 3 is 0.654 bits per heavy atom. The minimum atomic E-state index is 1.20. The Hall–Kier alpha value is -0.600. The number of unbranched alkanes of at least 4 members (excludes halogenated alkanes) is 32. The average Bonchev–Trinajstić information content (AvgIpc) is 3.12. The molecule has 52 heavy (non-hydrogen) atoms. The molecule has 310 valence electrons. The number of hydrogen-bond donors (Lipinski definition) is 0. The first-order valence-electron chi connectivity index (χ1n) is 24.3. The van der Waals surface area contributed by atoms with Crippen molar-refractivity contribution in [3.8, 4) is 0 Å². The third-order valence-electron chi connectivity index (χ3n) is 11.9. The zero-order chi connectivity index (χ0) is 38.1. The quantitative estimate of drug-likeness (QED) is 0.0333. The first-order chi connectivity index (χ1) is 25.3. The van der Waals surface area contributed by atoms with Crippen LogP contribution in [0.1, 0.15) is 245 Å². The molecular weight excluding hydrogens is 629 g/mol. The van der Waals surface area contributed by atoms with Crippen molar-refractivity contribution in [3.63, 3.8) is 0 Å². The molecule has 0 fully saturated rings. The Balaban J connectivity index is 3.50. The summed E-state index contributed by atoms with van der Waals surface area (Å²) in [6.07, 6.45) is 60.8. The van der Waals surface area contributed by atoms with Gasteiger partial charge in [-0.3, -0.25) is 0 Å². The molecule has 0 atom stereocenters. The van der Waals surface area contributed by atoms with Crippen molar-refractivity contribution < 1.29 is 8.97 Å². The van der Waals surface area contributed by atoms with Crippen molar-refractivity contribution in [1.29, 1.82) is 0 Å². The van der Waals surface area contributed by atoms with Crippen LogP contribution in [0.25, 0.3) is 0 Å². The van der Waals surface area contributed by atoms with Crippen LogP contribution in [0.15, 0.2) is 24.3 Å². The van der Waals surface area contributed by atoms with E-state index in [1.165, 1.54) is 266 Å². The summed E-state index contributed by atoms with van der Waals surface area (Å²) in [6, 6.07) is 0. The molecule has 0 unspecified atom stereocenters. The Morgan fingerprint density at radius 1 is 0.231 bits per heavy atom. The number of hydrogen-bond acceptors (Lipinski definition) is 0. The van der Waals surface area contributed by atoms with Crippen LogP contribution in [0.3, 0.4) is 0 Å². The van der Waals surface area contributed by atoms with E-state index in [2.05, 4.69) is 66.3 Å². The molecule has 2 nitrogen and oxygen atoms in total. The molecule has 0 bridgehead atoms. The molecule has 0 radical (unpaired) electrons. The number of rotatable bonds is 43. The molecule has 0 heterocycles. The van der Waals surface area contributed by atoms with E-state index in [1.54, 1.807) is 0 Å². The molecule has 0 saturated carbocycles. The van der Waals surface area contributed by atoms with Gasteiger partial charge in [-0.15, -0.1) is 0 Å². The van der Waals surface area contributed by atoms with Crippen molar-refractivity contribution in [2.24, 2.45) is 0 Å². The van der Waals surface area contributed by atoms with E-state index in [-0.39, 0.29) is 0 Å². The summed E-state index contributed by atoms with van der Waals surface area (Å²) in [5.74, 6) is 0. The van der Waals surface area contributed by atoms with Gasteiger partial charge in [-0.1, -0.05) is 192 Å². The van der Waals surface area contributed by atoms with Crippen LogP contribution in [0, 0.1) is 0 Å². The van der Waals surface area contributed by atoms with Gasteiger partial charge in [0.15, 0.2) is 0 Å². The maximum atomic E-state index is 2.47. The number of quaternary nitrogens is 2. The van der Waals surface area contributed by atoms with Crippen LogP contribution in [0.5, 0.6) is 0 Å². The molecule has 0 N–H and O–H groups in total. The Bertz CT molecular complexity index is 673. The van der Waals surface area contributed by atoms with Crippen LogP contribution in [-0.2, 0) is 0 Å². The molecular formula is C50H102N2+2. The van der Waals surface area contributed by atoms with Gasteiger partial charge in [0, 0.05) is 0 Å². The summed E-state index contributed by atoms with van der Waals surface area (Å²) in [5.41, 5.74) is 0. The van der Waals surface area contributed by atoms with Gasteiger partial charge < -0.3 is 8.97 Å². The van der Waals surface area contributed by atoms with E-state index in [9.17, 15) is 0 Å². The van der Waals surface area contributed by atoms with Crippen molar-refractivity contribution >= 4 is 0 Å². The molecule has 2 heteroatoms. The number of nitrogens with zero attached hydrogens (tertiary/aromatic N) is 2. The second kappa shape index (κ2) is 40.1. The van der Waals surface area contributed by atoms with E-state index >= 15 is 0 Å². The zero-order valence-electron chi connectivity index (χ0n) is 37.5. The molecule has 0 aliphatic carbocycles. The van der Waals surface area contributed by atoms with Gasteiger partial charge in [-0.25, -0.2) is 0 Å². The smallest absolute Gasteiger partial charge is 0.128 e. The maximum absolute atomic E-state index is 2.47. The minimum absolute atomic E-state index is 1.20. The fraction of sp³-hybridized carbons (Fsp3) is 0.920. The van der Waals surface area contributed by atoms with E-state index in [0.29, 0.717) is 0 Å². The molecule has 0 amide bonds. The molecule has 0 spiro atoms. The molecule has 0 aromatic rings. The highest BCUT2D eigenvalue weighted by Crippen LogP contribution is 2.16. The summed E-state index contributed by atoms with van der Waals surface area (Å²) < 4.78 is 2.40. The highest BCUT2D eigenvalue weighted by molar-refractivity contribution is 4.82. The Labute approximate surface area is 331 Å². The monoisotopic (exact) mass is 731 g/mol. The van der Waals surface area contributed by atoms with Crippen LogP contribution >= 0.6 is 0 Å². The Kier molecular flexibility index (Phi) is 39.6. The highest BCUT2D eigenvalue weighted by Gasteiger charge is 2.22. The van der Waals surface area contributed by atoms with Gasteiger partial charge in [0.2, 0.25) is 0 Å². The minimum Gasteiger partial charge on any atom is -0.324 e. The third kappa shape index (κ3) is 42.1. The highest BCUT2D eigenvalue weighted by atomic mass is 15.4. The summed E-state index contributed by atoms with van der Waals surface area (Å²) in [4.78, 5) is 0. The van der Waals surface area contributed by atoms with E-state index in [1.807, 2.05) is 0 Å². The standard InChI is InChI=1S/C50H102N2/c1-7-9-11-13-15-17-19-21-23-25-27-29-31-33-35-37-39-41-43-45-47-51(3,4)49-50-52(5,6)48-46-44-42-40-38-36-34-32-30-28-26-24-22-20-18-16-14-12-10-8-2/h21-24H,7-20,25-50H2,1-6H3/q+2/b23-21-,24-22-. The third-order valence-corrected chi connectivity index (χ3v) is 11.9. The van der Waals surface area contributed by atoms with Gasteiger partial charge in [0.1, 0.15) is 13.1 Å². The largest absolute Gasteiger partial charge is 0.324 e. The molecule has 0 aromatic carbocycles. The van der Waals surface area contributed by atoms with Crippen LogP contribution < -0.4 is 0 Å². The van der Waals surface area contributed by atoms with Crippen molar-refractivity contribution in [3.05, 3.63) is 24.3 Å². The SMILES string of the molecule is CCCCCCCC/C=C\CCCCCCCCCCCC[N+](C)(C)CC[N+](C)(C)CCCCCCCCCCCC/C=C\CCCCCCCC. The second-order valence-electron chi connectivity index (χ2n) is 18.5. The lowest BCUT2D eigenvalue weighted by atomic mass is 10.0. The Morgan fingerprint density at radius 2 is 0.423 bits per heavy atom. The molecule has 0 aliphatic rings. The summed E-state index contributed by atoms with van der Waals surface area (Å²) >= 11 is 0. The van der Waals surface area contributed by atoms with Gasteiger partial charge >= 0.3 is 0 Å². The predicted molar refractivity (Wildman–Crippen MR) is 240 cm³/mol. The molecule has 0 aromatic heterocycles. The van der Waals surface area contributed by atoms with Crippen LogP contribution in [0.2, 0.25) is 0 Å². The topological polar surface area (TPSA) is 0 Å². The van der Waals surface area contributed by atoms with Crippen molar-refractivity contribution in [2.75, 3.05) is 54.4 Å². The number of likely N-dealkylation sites (N-methyl/N-ethyl adjacent to an activating group) is 2. The summed E-state index contributed by atoms with van der Waals surface area (Å²) in [6.45, 7) is 9.94. The molecule has 0 rings (SSSR count). The normalized spacial score (nSPS) is 12.7. The average molecular weight is 731 g/mol. The van der Waals surface area contributed by atoms with Crippen molar-refractivity contribution in [2.45, 2.75) is 245 Å². The van der Waals surface area contributed by atoms with Crippen LogP contribution in [0.4, 0.5) is 0 Å². The molecule has 0 aliphatic heterocycles. The van der Waals surface area contributed by atoms with Gasteiger partial charge in [-0.05, 0) is 77.0 Å². The first kappa shape index (κ1) is 51.4. The summed E-state index contributed by atoms with van der Waals surface area (Å²) in [5, 5.41) is 0. The molecule has 0 saturated heterocycles. The van der Waals surface area contributed by atoms with E-state index in [4.69, 9.17) is 0 Å². The first-order valence-corrected chi connectivity index (χ1v) is 24.3. The van der Waals surface area contributed by atoms with Crippen molar-refractivity contribution in [1.82, 2.24) is 0 Å². The van der Waals surface area contributed by atoms with E-state index < -0.39 is 0 Å². The van der Waals surface area contributed by atoms with E-state index in [0.717, 1.165) is 0 Å². The maximum Gasteiger partial charge on any atom is 0.128 e. The summed E-state index contributed by atoms with van der Waals surface area (Å²) in [7, 11) is 9.89. The van der Waals surface area contributed by atoms with Gasteiger partial charge in [0.05, 0.1) is 41.3 Å². The lowest BCUT2D eigenvalue weighted by Gasteiger charge is -2.36. The second-order valence-corrected chi connectivity index (χ2v) is 18.5. The fourth-order valence-corrected chi connectivity index (χ4v) is 7.75. The van der Waals surface area contributed by atoms with Crippen LogP contribution in [-0.4, -0.2) is 63.3 Å².